The summed E-state index contributed by atoms with van der Waals surface area (Å²) in [5.41, 5.74) is 1.43. The maximum absolute atomic E-state index is 13.4. The van der Waals surface area contributed by atoms with E-state index in [1.54, 1.807) is 18.2 Å². The Kier molecular flexibility index (Phi) is 3.65. The molecule has 0 spiro atoms. The third kappa shape index (κ3) is 2.48. The molecule has 1 aromatic heterocycles. The molecule has 0 aliphatic rings. The summed E-state index contributed by atoms with van der Waals surface area (Å²) in [6, 6.07) is 8.93. The predicted molar refractivity (Wildman–Crippen MR) is 83.6 cm³/mol. The number of pyridine rings is 1. The van der Waals surface area contributed by atoms with Crippen LogP contribution in [0, 0.1) is 5.95 Å². The smallest absolute Gasteiger partial charge is 0.213 e. The van der Waals surface area contributed by atoms with Gasteiger partial charge in [-0.2, -0.15) is 4.39 Å². The van der Waals surface area contributed by atoms with E-state index >= 15 is 0 Å². The molecule has 3 rings (SSSR count). The number of ether oxygens (including phenoxy) is 2. The third-order valence-corrected chi connectivity index (χ3v) is 3.58. The number of hydrogen-bond donors (Lipinski definition) is 2. The van der Waals surface area contributed by atoms with Gasteiger partial charge in [-0.15, -0.1) is 0 Å². The van der Waals surface area contributed by atoms with Gasteiger partial charge in [0.25, 0.3) is 0 Å². The number of aromatic hydroxyl groups is 2. The molecule has 0 unspecified atom stereocenters. The lowest BCUT2D eigenvalue weighted by atomic mass is 10.0. The van der Waals surface area contributed by atoms with Crippen LogP contribution >= 0.6 is 0 Å². The van der Waals surface area contributed by atoms with Crippen LogP contribution in [0.2, 0.25) is 0 Å². The highest BCUT2D eigenvalue weighted by atomic mass is 19.1. The Bertz CT molecular complexity index is 895. The number of phenols is 2. The van der Waals surface area contributed by atoms with Crippen molar-refractivity contribution in [2.45, 2.75) is 0 Å². The number of rotatable bonds is 3. The van der Waals surface area contributed by atoms with Gasteiger partial charge in [0, 0.05) is 10.9 Å². The highest BCUT2D eigenvalue weighted by Crippen LogP contribution is 2.44. The van der Waals surface area contributed by atoms with Crippen molar-refractivity contribution < 1.29 is 24.1 Å². The van der Waals surface area contributed by atoms with Crippen LogP contribution in [0.25, 0.3) is 22.0 Å². The van der Waals surface area contributed by atoms with Crippen molar-refractivity contribution in [2.75, 3.05) is 14.2 Å². The molecule has 0 fully saturated rings. The Morgan fingerprint density at radius 2 is 1.78 bits per heavy atom. The maximum atomic E-state index is 13.4. The van der Waals surface area contributed by atoms with E-state index in [1.807, 2.05) is 0 Å². The molecule has 0 aliphatic carbocycles. The molecule has 6 heteroatoms. The first kappa shape index (κ1) is 14.9. The summed E-state index contributed by atoms with van der Waals surface area (Å²) in [6.07, 6.45) is 0. The first-order chi connectivity index (χ1) is 11.0. The number of methoxy groups -OCH3 is 2. The maximum Gasteiger partial charge on any atom is 0.213 e. The van der Waals surface area contributed by atoms with Crippen molar-refractivity contribution in [3.05, 3.63) is 42.3 Å². The summed E-state index contributed by atoms with van der Waals surface area (Å²) < 4.78 is 23.8. The molecule has 118 valence electrons. The molecule has 3 aromatic rings. The van der Waals surface area contributed by atoms with Crippen LogP contribution in [-0.4, -0.2) is 29.4 Å². The van der Waals surface area contributed by atoms with Gasteiger partial charge < -0.3 is 19.7 Å². The molecule has 0 aliphatic heterocycles. The van der Waals surface area contributed by atoms with Crippen molar-refractivity contribution >= 4 is 10.9 Å². The Morgan fingerprint density at radius 1 is 1.00 bits per heavy atom. The second-order valence-electron chi connectivity index (χ2n) is 4.89. The standard InChI is InChI=1S/C17H14FNO4/c1-22-14-7-9(3-5-13(14)20)11-8-12-10(4-6-15(18)19-12)16(21)17(11)23-2/h3-8,20-21H,1-2H3. The van der Waals surface area contributed by atoms with Gasteiger partial charge in [-0.3, -0.25) is 0 Å². The van der Waals surface area contributed by atoms with Crippen LogP contribution in [0.1, 0.15) is 0 Å². The zero-order chi connectivity index (χ0) is 16.6. The Balaban J connectivity index is 2.31. The normalized spacial score (nSPS) is 10.7. The number of fused-ring (bicyclic) bond motifs is 1. The molecule has 0 atom stereocenters. The molecule has 1 heterocycles. The van der Waals surface area contributed by atoms with Gasteiger partial charge >= 0.3 is 0 Å². The van der Waals surface area contributed by atoms with E-state index in [1.165, 1.54) is 32.4 Å². The number of benzene rings is 2. The lowest BCUT2D eigenvalue weighted by molar-refractivity contribution is 0.373. The van der Waals surface area contributed by atoms with Gasteiger partial charge in [0.05, 0.1) is 19.7 Å². The summed E-state index contributed by atoms with van der Waals surface area (Å²) in [6.45, 7) is 0. The molecule has 0 bridgehead atoms. The van der Waals surface area contributed by atoms with Gasteiger partial charge in [-0.05, 0) is 35.9 Å². The van der Waals surface area contributed by atoms with Gasteiger partial charge in [-0.25, -0.2) is 4.98 Å². The number of nitrogens with zero attached hydrogens (tertiary/aromatic N) is 1. The highest BCUT2D eigenvalue weighted by Gasteiger charge is 2.17. The zero-order valence-electron chi connectivity index (χ0n) is 12.5. The highest BCUT2D eigenvalue weighted by molar-refractivity contribution is 5.94. The molecular weight excluding hydrogens is 301 g/mol. The van der Waals surface area contributed by atoms with Crippen LogP contribution in [0.4, 0.5) is 4.39 Å². The molecule has 0 saturated heterocycles. The summed E-state index contributed by atoms with van der Waals surface area (Å²) >= 11 is 0. The van der Waals surface area contributed by atoms with Crippen molar-refractivity contribution in [1.29, 1.82) is 0 Å². The topological polar surface area (TPSA) is 71.8 Å². The van der Waals surface area contributed by atoms with Crippen LogP contribution in [0.5, 0.6) is 23.0 Å². The summed E-state index contributed by atoms with van der Waals surface area (Å²) in [4.78, 5) is 3.80. The minimum Gasteiger partial charge on any atom is -0.504 e. The molecular formula is C17H14FNO4. The molecule has 0 radical (unpaired) electrons. The average Bonchev–Trinajstić information content (AvgIpc) is 2.55. The molecule has 2 aromatic carbocycles. The van der Waals surface area contributed by atoms with E-state index in [0.29, 0.717) is 22.0 Å². The van der Waals surface area contributed by atoms with Crippen LogP contribution < -0.4 is 9.47 Å². The van der Waals surface area contributed by atoms with E-state index < -0.39 is 5.95 Å². The lowest BCUT2D eigenvalue weighted by Gasteiger charge is -2.14. The van der Waals surface area contributed by atoms with E-state index in [4.69, 9.17) is 9.47 Å². The molecule has 5 nitrogen and oxygen atoms in total. The Morgan fingerprint density at radius 3 is 2.48 bits per heavy atom. The summed E-state index contributed by atoms with van der Waals surface area (Å²) in [5, 5.41) is 20.5. The van der Waals surface area contributed by atoms with E-state index in [0.717, 1.165) is 0 Å². The fourth-order valence-electron chi connectivity index (χ4n) is 2.48. The molecule has 0 amide bonds. The van der Waals surface area contributed by atoms with Gasteiger partial charge in [0.2, 0.25) is 5.95 Å². The van der Waals surface area contributed by atoms with Gasteiger partial charge in [-0.1, -0.05) is 6.07 Å². The SMILES string of the molecule is COc1cc(-c2cc3nc(F)ccc3c(O)c2OC)ccc1O. The number of halogens is 1. The fraction of sp³-hybridized carbons (Fsp3) is 0.118. The molecule has 2 N–H and O–H groups in total. The number of phenolic OH excluding ortho intramolecular Hbond substituents is 2. The first-order valence-electron chi connectivity index (χ1n) is 6.78. The van der Waals surface area contributed by atoms with E-state index in [-0.39, 0.29) is 23.0 Å². The average molecular weight is 315 g/mol. The quantitative estimate of drug-likeness (QED) is 0.724. The van der Waals surface area contributed by atoms with Crippen molar-refractivity contribution in [3.63, 3.8) is 0 Å². The van der Waals surface area contributed by atoms with Crippen molar-refractivity contribution in [2.24, 2.45) is 0 Å². The Labute approximate surface area is 131 Å². The van der Waals surface area contributed by atoms with Crippen LogP contribution in [-0.2, 0) is 0 Å². The first-order valence-corrected chi connectivity index (χ1v) is 6.78. The predicted octanol–water partition coefficient (Wildman–Crippen LogP) is 3.47. The van der Waals surface area contributed by atoms with Crippen molar-refractivity contribution in [3.8, 4) is 34.1 Å². The summed E-state index contributed by atoms with van der Waals surface area (Å²) in [5.74, 6) is -0.268. The fourth-order valence-corrected chi connectivity index (χ4v) is 2.48. The van der Waals surface area contributed by atoms with Crippen LogP contribution in [0.3, 0.4) is 0 Å². The van der Waals surface area contributed by atoms with E-state index in [9.17, 15) is 14.6 Å². The number of hydrogen-bond acceptors (Lipinski definition) is 5. The molecule has 23 heavy (non-hydrogen) atoms. The second-order valence-corrected chi connectivity index (χ2v) is 4.89. The lowest BCUT2D eigenvalue weighted by Crippen LogP contribution is -1.93. The molecule has 0 saturated carbocycles. The largest absolute Gasteiger partial charge is 0.504 e. The zero-order valence-corrected chi connectivity index (χ0v) is 12.5. The van der Waals surface area contributed by atoms with Gasteiger partial charge in [0.15, 0.2) is 23.0 Å². The van der Waals surface area contributed by atoms with Crippen molar-refractivity contribution in [1.82, 2.24) is 4.98 Å². The number of aromatic nitrogens is 1. The minimum atomic E-state index is -0.642. The monoisotopic (exact) mass is 315 g/mol. The summed E-state index contributed by atoms with van der Waals surface area (Å²) in [7, 11) is 2.86. The third-order valence-electron chi connectivity index (χ3n) is 3.58. The minimum absolute atomic E-state index is 0.00982. The van der Waals surface area contributed by atoms with Gasteiger partial charge in [0.1, 0.15) is 0 Å². The Hall–Kier alpha value is -3.02. The van der Waals surface area contributed by atoms with E-state index in [2.05, 4.69) is 4.98 Å². The second kappa shape index (κ2) is 5.64. The van der Waals surface area contributed by atoms with Crippen LogP contribution in [0.15, 0.2) is 36.4 Å².